The molecule has 4 rings (SSSR count). The predicted octanol–water partition coefficient (Wildman–Crippen LogP) is 5.95. The van der Waals surface area contributed by atoms with Crippen LogP contribution in [0.3, 0.4) is 0 Å². The van der Waals surface area contributed by atoms with Crippen LogP contribution >= 0.6 is 0 Å². The lowest BCUT2D eigenvalue weighted by Gasteiger charge is -2.29. The van der Waals surface area contributed by atoms with Crippen molar-refractivity contribution in [2.45, 2.75) is 73.1 Å². The molecule has 3 amide bonds. The van der Waals surface area contributed by atoms with Crippen molar-refractivity contribution in [2.75, 3.05) is 16.3 Å². The average Bonchev–Trinajstić information content (AvgIpc) is 3.17. The lowest BCUT2D eigenvalue weighted by Crippen LogP contribution is -2.37. The highest BCUT2D eigenvalue weighted by molar-refractivity contribution is 6.06. The molecule has 9 nitrogen and oxygen atoms in total. The molecule has 3 heterocycles. The van der Waals surface area contributed by atoms with Crippen LogP contribution in [0.2, 0.25) is 0 Å². The molecule has 0 unspecified atom stereocenters. The number of rotatable bonds is 1. The van der Waals surface area contributed by atoms with Gasteiger partial charge in [0.25, 0.3) is 0 Å². The van der Waals surface area contributed by atoms with Crippen LogP contribution in [0.4, 0.5) is 26.8 Å². The maximum atomic E-state index is 13.4. The number of carbonyl (C=O) groups excluding carboxylic acids is 3. The lowest BCUT2D eigenvalue weighted by molar-refractivity contribution is -0.115. The number of nitrogens with one attached hydrogen (secondary N) is 1. The van der Waals surface area contributed by atoms with Gasteiger partial charge in [0.2, 0.25) is 5.91 Å². The standard InChI is InChI=1S/C26H30N4O5.C2H6/c1-25(2,3)34-23(32)29-15-17-8-7-11-27-22(17)30(24(33)35-26(4,5)6)19-10-9-16(12-20(19)29)18-13-21(31)28-14-18;1-2/h7-13H,14-15H2,1-6H3,(H,28,31);1-2H3. The number of hydrogen-bond donors (Lipinski definition) is 1. The van der Waals surface area contributed by atoms with Gasteiger partial charge in [-0.15, -0.1) is 0 Å². The Hall–Kier alpha value is -3.88. The van der Waals surface area contributed by atoms with E-state index < -0.39 is 23.4 Å². The van der Waals surface area contributed by atoms with E-state index in [0.29, 0.717) is 29.3 Å². The van der Waals surface area contributed by atoms with E-state index in [1.807, 2.05) is 26.0 Å². The fraction of sp³-hybridized carbons (Fsp3) is 0.429. The summed E-state index contributed by atoms with van der Waals surface area (Å²) >= 11 is 0. The monoisotopic (exact) mass is 508 g/mol. The molecular formula is C28H36N4O5. The van der Waals surface area contributed by atoms with Crippen molar-refractivity contribution < 1.29 is 23.9 Å². The zero-order valence-electron chi connectivity index (χ0n) is 22.8. The molecule has 0 saturated carbocycles. The van der Waals surface area contributed by atoms with E-state index in [0.717, 1.165) is 11.1 Å². The Bertz CT molecular complexity index is 1220. The van der Waals surface area contributed by atoms with Gasteiger partial charge in [-0.2, -0.15) is 0 Å². The number of carbonyl (C=O) groups is 3. The molecule has 37 heavy (non-hydrogen) atoms. The minimum Gasteiger partial charge on any atom is -0.443 e. The smallest absolute Gasteiger partial charge is 0.420 e. The second-order valence-corrected chi connectivity index (χ2v) is 10.5. The first-order valence-electron chi connectivity index (χ1n) is 12.4. The third-order valence-electron chi connectivity index (χ3n) is 5.23. The molecule has 0 radical (unpaired) electrons. The number of nitrogens with zero attached hydrogens (tertiary/aromatic N) is 3. The molecular weight excluding hydrogens is 472 g/mol. The molecule has 0 spiro atoms. The fourth-order valence-corrected chi connectivity index (χ4v) is 3.85. The first-order chi connectivity index (χ1) is 17.3. The minimum absolute atomic E-state index is 0.129. The van der Waals surface area contributed by atoms with Gasteiger partial charge in [0.1, 0.15) is 17.0 Å². The SMILES string of the molecule is CC.CC(C)(C)OC(=O)N1Cc2cccnc2N(C(=O)OC(C)(C)C)c2ccc(C3=CC(=O)NC3)cc21. The minimum atomic E-state index is -0.746. The van der Waals surface area contributed by atoms with E-state index in [1.165, 1.54) is 15.9 Å². The quantitative estimate of drug-likeness (QED) is 0.511. The number of ether oxygens (including phenoxy) is 2. The van der Waals surface area contributed by atoms with E-state index >= 15 is 0 Å². The molecule has 0 aliphatic carbocycles. The summed E-state index contributed by atoms with van der Waals surface area (Å²) in [6, 6.07) is 8.89. The van der Waals surface area contributed by atoms with E-state index in [1.54, 1.807) is 65.9 Å². The van der Waals surface area contributed by atoms with Gasteiger partial charge in [0.15, 0.2) is 0 Å². The summed E-state index contributed by atoms with van der Waals surface area (Å²) in [5.74, 6) is 0.199. The van der Waals surface area contributed by atoms with Gasteiger partial charge in [-0.3, -0.25) is 9.69 Å². The summed E-state index contributed by atoms with van der Waals surface area (Å²) in [5.41, 5.74) is 1.58. The van der Waals surface area contributed by atoms with Crippen molar-refractivity contribution in [3.05, 3.63) is 53.7 Å². The predicted molar refractivity (Wildman–Crippen MR) is 144 cm³/mol. The molecule has 0 fully saturated rings. The van der Waals surface area contributed by atoms with Gasteiger partial charge in [-0.05, 0) is 70.9 Å². The Morgan fingerprint density at radius 3 is 2.19 bits per heavy atom. The van der Waals surface area contributed by atoms with Crippen molar-refractivity contribution in [3.8, 4) is 0 Å². The lowest BCUT2D eigenvalue weighted by atomic mass is 10.0. The molecule has 0 atom stereocenters. The molecule has 0 bridgehead atoms. The van der Waals surface area contributed by atoms with E-state index in [9.17, 15) is 14.4 Å². The number of amides is 3. The van der Waals surface area contributed by atoms with Crippen molar-refractivity contribution in [3.63, 3.8) is 0 Å². The summed E-state index contributed by atoms with van der Waals surface area (Å²) in [6.45, 7) is 15.3. The van der Waals surface area contributed by atoms with E-state index in [2.05, 4.69) is 10.3 Å². The topological polar surface area (TPSA) is 101 Å². The summed E-state index contributed by atoms with van der Waals surface area (Å²) in [6.07, 6.45) is 1.94. The zero-order valence-corrected chi connectivity index (χ0v) is 22.8. The highest BCUT2D eigenvalue weighted by atomic mass is 16.6. The van der Waals surface area contributed by atoms with Gasteiger partial charge in [-0.25, -0.2) is 19.5 Å². The fourth-order valence-electron chi connectivity index (χ4n) is 3.85. The normalized spacial score (nSPS) is 14.8. The second kappa shape index (κ2) is 10.6. The van der Waals surface area contributed by atoms with Crippen LogP contribution in [0.5, 0.6) is 0 Å². The Morgan fingerprint density at radius 2 is 1.59 bits per heavy atom. The number of benzene rings is 1. The summed E-state index contributed by atoms with van der Waals surface area (Å²) in [5, 5.41) is 2.76. The van der Waals surface area contributed by atoms with Crippen molar-refractivity contribution in [1.29, 1.82) is 0 Å². The summed E-state index contributed by atoms with van der Waals surface area (Å²) in [4.78, 5) is 46.0. The van der Waals surface area contributed by atoms with Crippen molar-refractivity contribution in [2.24, 2.45) is 0 Å². The van der Waals surface area contributed by atoms with Gasteiger partial charge in [0, 0.05) is 24.4 Å². The second-order valence-electron chi connectivity index (χ2n) is 10.5. The summed E-state index contributed by atoms with van der Waals surface area (Å²) < 4.78 is 11.4. The van der Waals surface area contributed by atoms with Gasteiger partial charge in [-0.1, -0.05) is 26.0 Å². The van der Waals surface area contributed by atoms with Crippen LogP contribution in [0.25, 0.3) is 5.57 Å². The number of hydrogen-bond acceptors (Lipinski definition) is 6. The molecule has 1 aromatic carbocycles. The molecule has 1 N–H and O–H groups in total. The van der Waals surface area contributed by atoms with Crippen LogP contribution in [0.15, 0.2) is 42.6 Å². The Labute approximate surface area is 218 Å². The Morgan fingerprint density at radius 1 is 0.946 bits per heavy atom. The number of anilines is 3. The van der Waals surface area contributed by atoms with Crippen LogP contribution in [0.1, 0.15) is 66.5 Å². The Kier molecular flexibility index (Phi) is 7.95. The highest BCUT2D eigenvalue weighted by Crippen LogP contribution is 2.42. The van der Waals surface area contributed by atoms with Gasteiger partial charge >= 0.3 is 12.2 Å². The van der Waals surface area contributed by atoms with Gasteiger partial charge in [0.05, 0.1) is 17.9 Å². The Balaban J connectivity index is 0.00000186. The molecule has 1 aromatic heterocycles. The maximum absolute atomic E-state index is 13.4. The van der Waals surface area contributed by atoms with E-state index in [4.69, 9.17) is 9.47 Å². The number of fused-ring (bicyclic) bond motifs is 2. The van der Waals surface area contributed by atoms with Crippen molar-refractivity contribution >= 4 is 40.9 Å². The summed E-state index contributed by atoms with van der Waals surface area (Å²) in [7, 11) is 0. The zero-order chi connectivity index (χ0) is 27.5. The highest BCUT2D eigenvalue weighted by Gasteiger charge is 2.36. The largest absolute Gasteiger partial charge is 0.443 e. The van der Waals surface area contributed by atoms with Crippen LogP contribution < -0.4 is 15.1 Å². The number of aromatic nitrogens is 1. The van der Waals surface area contributed by atoms with E-state index in [-0.39, 0.29) is 12.5 Å². The van der Waals surface area contributed by atoms with Crippen LogP contribution in [-0.4, -0.2) is 40.8 Å². The number of pyridine rings is 1. The van der Waals surface area contributed by atoms with Crippen molar-refractivity contribution in [1.82, 2.24) is 10.3 Å². The molecule has 9 heteroatoms. The molecule has 2 aliphatic heterocycles. The van der Waals surface area contributed by atoms with Crippen LogP contribution in [0, 0.1) is 0 Å². The molecule has 2 aliphatic rings. The third-order valence-corrected chi connectivity index (χ3v) is 5.23. The molecule has 0 saturated heterocycles. The first-order valence-corrected chi connectivity index (χ1v) is 12.4. The molecule has 198 valence electrons. The average molecular weight is 509 g/mol. The molecule has 2 aromatic rings. The first kappa shape index (κ1) is 27.7. The maximum Gasteiger partial charge on any atom is 0.420 e. The van der Waals surface area contributed by atoms with Gasteiger partial charge < -0.3 is 14.8 Å². The third kappa shape index (κ3) is 6.47. The van der Waals surface area contributed by atoms with Crippen LogP contribution in [-0.2, 0) is 20.8 Å².